The summed E-state index contributed by atoms with van der Waals surface area (Å²) in [6.07, 6.45) is 1.84. The summed E-state index contributed by atoms with van der Waals surface area (Å²) in [5, 5.41) is 11.9. The van der Waals surface area contributed by atoms with E-state index in [-0.39, 0.29) is 12.3 Å². The van der Waals surface area contributed by atoms with Crippen molar-refractivity contribution in [3.63, 3.8) is 0 Å². The number of benzene rings is 1. The number of aromatic amines is 1. The number of aromatic nitrogens is 4. The normalized spacial score (nSPS) is 10.8. The van der Waals surface area contributed by atoms with Crippen LogP contribution in [0, 0.1) is 18.6 Å². The average molecular weight is 452 g/mol. The number of nitrogens with one attached hydrogen (secondary N) is 2. The van der Waals surface area contributed by atoms with E-state index in [0.717, 1.165) is 22.0 Å². The summed E-state index contributed by atoms with van der Waals surface area (Å²) in [6.45, 7) is 4.52. The predicted octanol–water partition coefficient (Wildman–Crippen LogP) is 5.50. The molecule has 2 N–H and O–H groups in total. The van der Waals surface area contributed by atoms with Crippen molar-refractivity contribution in [2.45, 2.75) is 26.8 Å². The van der Waals surface area contributed by atoms with E-state index in [1.807, 2.05) is 47.2 Å². The van der Waals surface area contributed by atoms with Gasteiger partial charge in [0.05, 0.1) is 16.8 Å². The minimum atomic E-state index is -0.134. The molecular weight excluding hydrogens is 430 g/mol. The number of pyridine rings is 1. The lowest BCUT2D eigenvalue weighted by atomic mass is 10.1. The molecule has 158 valence electrons. The molecule has 31 heavy (non-hydrogen) atoms. The summed E-state index contributed by atoms with van der Waals surface area (Å²) >= 11 is 6.88. The number of hydrogen-bond acceptors (Lipinski definition) is 6. The SMILES string of the molecule is Cc1ccc(Oc2ccc(NC(=O)CCn3c(-c4cccs4)n[nH]c3=S)cn2)cc1C. The third-order valence-corrected chi connectivity index (χ3v) is 5.96. The van der Waals surface area contributed by atoms with E-state index in [9.17, 15) is 4.79 Å². The van der Waals surface area contributed by atoms with Crippen molar-refractivity contribution < 1.29 is 9.53 Å². The Balaban J connectivity index is 1.35. The van der Waals surface area contributed by atoms with Gasteiger partial charge in [-0.2, -0.15) is 5.10 Å². The zero-order valence-corrected chi connectivity index (χ0v) is 18.7. The van der Waals surface area contributed by atoms with Gasteiger partial charge >= 0.3 is 0 Å². The summed E-state index contributed by atoms with van der Waals surface area (Å²) in [7, 11) is 0. The van der Waals surface area contributed by atoms with E-state index in [0.29, 0.717) is 22.9 Å². The Morgan fingerprint density at radius 1 is 1.23 bits per heavy atom. The Morgan fingerprint density at radius 2 is 2.10 bits per heavy atom. The summed E-state index contributed by atoms with van der Waals surface area (Å²) < 4.78 is 8.11. The number of aryl methyl sites for hydroxylation is 2. The van der Waals surface area contributed by atoms with Crippen LogP contribution in [0.15, 0.2) is 54.0 Å². The quantitative estimate of drug-likeness (QED) is 0.362. The lowest BCUT2D eigenvalue weighted by Crippen LogP contribution is -2.15. The van der Waals surface area contributed by atoms with Gasteiger partial charge in [-0.3, -0.25) is 14.5 Å². The fraction of sp³-hybridized carbons (Fsp3) is 0.182. The average Bonchev–Trinajstić information content (AvgIpc) is 3.40. The molecule has 0 radical (unpaired) electrons. The topological polar surface area (TPSA) is 84.8 Å². The largest absolute Gasteiger partial charge is 0.439 e. The van der Waals surface area contributed by atoms with Crippen molar-refractivity contribution in [3.05, 3.63) is 69.9 Å². The molecule has 9 heteroatoms. The van der Waals surface area contributed by atoms with Gasteiger partial charge in [0.1, 0.15) is 5.75 Å². The van der Waals surface area contributed by atoms with E-state index >= 15 is 0 Å². The third-order valence-electron chi connectivity index (χ3n) is 4.78. The molecule has 0 spiro atoms. The molecule has 3 aromatic heterocycles. The molecule has 0 atom stereocenters. The third kappa shape index (κ3) is 5.07. The highest BCUT2D eigenvalue weighted by Gasteiger charge is 2.12. The van der Waals surface area contributed by atoms with Crippen molar-refractivity contribution in [2.75, 3.05) is 5.32 Å². The number of thiophene rings is 1. The first-order valence-corrected chi connectivity index (χ1v) is 11.0. The Bertz CT molecular complexity index is 1240. The number of amides is 1. The van der Waals surface area contributed by atoms with Gasteiger partial charge in [-0.05, 0) is 66.8 Å². The Hall–Kier alpha value is -3.30. The molecule has 0 aliphatic carbocycles. The van der Waals surface area contributed by atoms with Gasteiger partial charge in [-0.1, -0.05) is 12.1 Å². The van der Waals surface area contributed by atoms with Crippen LogP contribution in [-0.2, 0) is 11.3 Å². The van der Waals surface area contributed by atoms with Gasteiger partial charge in [-0.25, -0.2) is 4.98 Å². The van der Waals surface area contributed by atoms with Gasteiger partial charge in [-0.15, -0.1) is 11.3 Å². The maximum atomic E-state index is 12.4. The second-order valence-electron chi connectivity index (χ2n) is 7.01. The second-order valence-corrected chi connectivity index (χ2v) is 8.35. The molecule has 0 fully saturated rings. The van der Waals surface area contributed by atoms with Gasteiger partial charge in [0.2, 0.25) is 11.8 Å². The lowest BCUT2D eigenvalue weighted by molar-refractivity contribution is -0.116. The summed E-state index contributed by atoms with van der Waals surface area (Å²) in [4.78, 5) is 17.7. The lowest BCUT2D eigenvalue weighted by Gasteiger charge is -2.09. The molecule has 0 aliphatic heterocycles. The van der Waals surface area contributed by atoms with Crippen LogP contribution in [0.3, 0.4) is 0 Å². The van der Waals surface area contributed by atoms with Crippen LogP contribution < -0.4 is 10.1 Å². The fourth-order valence-corrected chi connectivity index (χ4v) is 3.91. The standard InChI is InChI=1S/C22H21N5O2S2/c1-14-5-7-17(12-15(14)2)29-20-8-6-16(13-23-20)24-19(28)9-10-27-21(25-26-22(27)30)18-4-3-11-31-18/h3-8,11-13H,9-10H2,1-2H3,(H,24,28)(H,26,30). The van der Waals surface area contributed by atoms with Crippen molar-refractivity contribution >= 4 is 35.1 Å². The zero-order valence-electron chi connectivity index (χ0n) is 17.1. The van der Waals surface area contributed by atoms with E-state index in [2.05, 4.69) is 27.4 Å². The highest BCUT2D eigenvalue weighted by atomic mass is 32.1. The highest BCUT2D eigenvalue weighted by molar-refractivity contribution is 7.71. The van der Waals surface area contributed by atoms with Gasteiger partial charge in [0, 0.05) is 19.0 Å². The Labute approximate surface area is 188 Å². The van der Waals surface area contributed by atoms with E-state index in [4.69, 9.17) is 17.0 Å². The van der Waals surface area contributed by atoms with Crippen LogP contribution in [0.2, 0.25) is 0 Å². The van der Waals surface area contributed by atoms with Crippen LogP contribution in [0.1, 0.15) is 17.5 Å². The number of hydrogen-bond donors (Lipinski definition) is 2. The summed E-state index contributed by atoms with van der Waals surface area (Å²) in [6, 6.07) is 13.3. The van der Waals surface area contributed by atoms with Crippen LogP contribution in [0.25, 0.3) is 10.7 Å². The number of rotatable bonds is 7. The minimum Gasteiger partial charge on any atom is -0.439 e. The maximum absolute atomic E-state index is 12.4. The molecule has 4 rings (SSSR count). The number of H-pyrrole nitrogens is 1. The van der Waals surface area contributed by atoms with Crippen molar-refractivity contribution in [1.82, 2.24) is 19.7 Å². The first-order chi connectivity index (χ1) is 15.0. The molecule has 0 saturated heterocycles. The molecule has 1 aromatic carbocycles. The zero-order chi connectivity index (χ0) is 21.8. The van der Waals surface area contributed by atoms with E-state index < -0.39 is 0 Å². The van der Waals surface area contributed by atoms with Crippen LogP contribution >= 0.6 is 23.6 Å². The maximum Gasteiger partial charge on any atom is 0.226 e. The van der Waals surface area contributed by atoms with Gasteiger partial charge in [0.15, 0.2) is 10.6 Å². The predicted molar refractivity (Wildman–Crippen MR) is 124 cm³/mol. The molecule has 0 aliphatic rings. The molecule has 1 amide bonds. The number of ether oxygens (including phenoxy) is 1. The number of anilines is 1. The van der Waals surface area contributed by atoms with Gasteiger partial charge in [0.25, 0.3) is 0 Å². The molecule has 7 nitrogen and oxygen atoms in total. The fourth-order valence-electron chi connectivity index (χ4n) is 2.97. The molecule has 0 bridgehead atoms. The van der Waals surface area contributed by atoms with Crippen molar-refractivity contribution in [2.24, 2.45) is 0 Å². The van der Waals surface area contributed by atoms with Crippen molar-refractivity contribution in [1.29, 1.82) is 0 Å². The Kier molecular flexibility index (Phi) is 6.24. The number of carbonyl (C=O) groups excluding carboxylic acids is 1. The number of nitrogens with zero attached hydrogens (tertiary/aromatic N) is 3. The van der Waals surface area contributed by atoms with Crippen molar-refractivity contribution in [3.8, 4) is 22.3 Å². The van der Waals surface area contributed by atoms with Crippen LogP contribution in [0.4, 0.5) is 5.69 Å². The van der Waals surface area contributed by atoms with Crippen LogP contribution in [0.5, 0.6) is 11.6 Å². The molecular formula is C22H21N5O2S2. The van der Waals surface area contributed by atoms with Crippen LogP contribution in [-0.4, -0.2) is 25.7 Å². The summed E-state index contributed by atoms with van der Waals surface area (Å²) in [5.41, 5.74) is 2.96. The number of carbonyl (C=O) groups is 1. The summed E-state index contributed by atoms with van der Waals surface area (Å²) in [5.74, 6) is 1.80. The molecule has 3 heterocycles. The molecule has 0 unspecified atom stereocenters. The van der Waals surface area contributed by atoms with E-state index in [1.54, 1.807) is 29.7 Å². The van der Waals surface area contributed by atoms with E-state index in [1.165, 1.54) is 5.56 Å². The van der Waals surface area contributed by atoms with Gasteiger partial charge < -0.3 is 10.1 Å². The smallest absolute Gasteiger partial charge is 0.226 e. The first kappa shape index (κ1) is 21.0. The monoisotopic (exact) mass is 451 g/mol. The first-order valence-electron chi connectivity index (χ1n) is 9.70. The second kappa shape index (κ2) is 9.23. The molecule has 0 saturated carbocycles. The highest BCUT2D eigenvalue weighted by Crippen LogP contribution is 2.24. The Morgan fingerprint density at radius 3 is 2.81 bits per heavy atom. The minimum absolute atomic E-state index is 0.134. The molecule has 4 aromatic rings.